The van der Waals surface area contributed by atoms with Crippen molar-refractivity contribution in [1.29, 1.82) is 0 Å². The highest BCUT2D eigenvalue weighted by Crippen LogP contribution is 2.15. The van der Waals surface area contributed by atoms with Gasteiger partial charge < -0.3 is 15.5 Å². The summed E-state index contributed by atoms with van der Waals surface area (Å²) in [4.78, 5) is 12.5. The SMILES string of the molecule is CC/C=C\C/C=C\C/C=C\C/C=C\C/C=C\C/C=C\C/C=C\C/C=C\C/C=C\CCCCCCCCCCCC(=O)NC(CO)C(O)/C=C/CC/C=C/CCCCCCCCCCCCCCCC. The van der Waals surface area contributed by atoms with Gasteiger partial charge in [-0.25, -0.2) is 0 Å². The molecule has 0 aliphatic carbocycles. The lowest BCUT2D eigenvalue weighted by Gasteiger charge is -2.19. The van der Waals surface area contributed by atoms with E-state index in [4.69, 9.17) is 0 Å². The number of unbranched alkanes of at least 4 members (excludes halogenated alkanes) is 24. The van der Waals surface area contributed by atoms with Crippen molar-refractivity contribution in [3.63, 3.8) is 0 Å². The summed E-state index contributed by atoms with van der Waals surface area (Å²) in [6.07, 6.45) is 91.8. The van der Waals surface area contributed by atoms with Crippen LogP contribution in [0.25, 0.3) is 0 Å². The lowest BCUT2D eigenvalue weighted by molar-refractivity contribution is -0.123. The number of aliphatic hydroxyl groups excluding tert-OH is 2. The average Bonchev–Trinajstić information content (AvgIpc) is 3.35. The predicted octanol–water partition coefficient (Wildman–Crippen LogP) is 19.4. The fourth-order valence-electron chi connectivity index (χ4n) is 8.01. The first-order chi connectivity index (χ1) is 34.2. The normalized spacial score (nSPS) is 13.9. The van der Waals surface area contributed by atoms with Gasteiger partial charge in [0.2, 0.25) is 5.91 Å². The van der Waals surface area contributed by atoms with E-state index >= 15 is 0 Å². The first kappa shape index (κ1) is 65.5. The number of hydrogen-bond donors (Lipinski definition) is 3. The van der Waals surface area contributed by atoms with Crippen LogP contribution in [0.2, 0.25) is 0 Å². The molecule has 4 nitrogen and oxygen atoms in total. The lowest BCUT2D eigenvalue weighted by Crippen LogP contribution is -2.45. The van der Waals surface area contributed by atoms with E-state index in [1.54, 1.807) is 6.08 Å². The van der Waals surface area contributed by atoms with E-state index < -0.39 is 12.1 Å². The van der Waals surface area contributed by atoms with Gasteiger partial charge in [-0.1, -0.05) is 276 Å². The molecule has 0 aromatic heterocycles. The van der Waals surface area contributed by atoms with Crippen molar-refractivity contribution in [2.45, 2.75) is 264 Å². The van der Waals surface area contributed by atoms with Gasteiger partial charge in [0.25, 0.3) is 0 Å². The number of nitrogens with one attached hydrogen (secondary N) is 1. The Balaban J connectivity index is 3.64. The molecule has 69 heavy (non-hydrogen) atoms. The number of rotatable bonds is 51. The maximum atomic E-state index is 12.5. The maximum Gasteiger partial charge on any atom is 0.220 e. The van der Waals surface area contributed by atoms with Gasteiger partial charge in [0.05, 0.1) is 18.8 Å². The molecule has 3 N–H and O–H groups in total. The Morgan fingerprint density at radius 2 is 0.652 bits per heavy atom. The fourth-order valence-corrected chi connectivity index (χ4v) is 8.01. The van der Waals surface area contributed by atoms with Crippen LogP contribution in [0.15, 0.2) is 134 Å². The molecule has 0 fully saturated rings. The van der Waals surface area contributed by atoms with Crippen LogP contribution in [0.1, 0.15) is 251 Å². The number of allylic oxidation sites excluding steroid dienone is 21. The number of aliphatic hydroxyl groups is 2. The monoisotopic (exact) mass is 952 g/mol. The van der Waals surface area contributed by atoms with E-state index in [0.717, 1.165) is 96.3 Å². The molecular weight excluding hydrogens is 843 g/mol. The third-order valence-corrected chi connectivity index (χ3v) is 12.4. The van der Waals surface area contributed by atoms with Gasteiger partial charge in [-0.15, -0.1) is 0 Å². The van der Waals surface area contributed by atoms with E-state index in [0.29, 0.717) is 6.42 Å². The third-order valence-electron chi connectivity index (χ3n) is 12.4. The first-order valence-electron chi connectivity index (χ1n) is 28.9. The van der Waals surface area contributed by atoms with Crippen LogP contribution in [0, 0.1) is 0 Å². The van der Waals surface area contributed by atoms with Gasteiger partial charge in [0.1, 0.15) is 0 Å². The van der Waals surface area contributed by atoms with Crippen molar-refractivity contribution in [3.05, 3.63) is 134 Å². The van der Waals surface area contributed by atoms with Crippen LogP contribution >= 0.6 is 0 Å². The molecule has 2 unspecified atom stereocenters. The Kier molecular flexibility index (Phi) is 55.9. The standard InChI is InChI=1S/C65H109NO3/c1-3-5-7-9-11-13-15-17-19-21-23-25-26-27-28-29-30-31-32-33-34-35-36-37-38-39-40-41-43-45-47-49-51-53-55-57-59-61-65(69)66-63(62-67)64(68)60-58-56-54-52-50-48-46-44-42-24-22-20-18-16-14-12-10-8-6-4-2/h5,7,11,13,17,19,23,25,27-28,30-31,33-34,36-37,39-40,50,52,58,60,63-64,67-68H,3-4,6,8-10,12,14-16,18,20-22,24,26,29,32,35,38,41-49,51,53-57,59,61-62H2,1-2H3,(H,66,69)/b7-5-,13-11-,19-17-,25-23-,28-27-,31-30-,34-33-,37-36-,40-39-,52-50+,60-58+. The summed E-state index contributed by atoms with van der Waals surface area (Å²) in [5, 5.41) is 23.1. The Labute approximate surface area is 428 Å². The highest BCUT2D eigenvalue weighted by atomic mass is 16.3. The Bertz CT molecular complexity index is 1400. The second-order valence-electron chi connectivity index (χ2n) is 19.0. The summed E-state index contributed by atoms with van der Waals surface area (Å²) in [7, 11) is 0. The van der Waals surface area contributed by atoms with E-state index in [-0.39, 0.29) is 12.5 Å². The molecule has 0 saturated carbocycles. The van der Waals surface area contributed by atoms with Crippen molar-refractivity contribution in [2.75, 3.05) is 6.61 Å². The van der Waals surface area contributed by atoms with Crippen molar-refractivity contribution >= 4 is 5.91 Å². The summed E-state index contributed by atoms with van der Waals surface area (Å²) < 4.78 is 0. The first-order valence-corrected chi connectivity index (χ1v) is 28.9. The number of carbonyl (C=O) groups excluding carboxylic acids is 1. The smallest absolute Gasteiger partial charge is 0.220 e. The van der Waals surface area contributed by atoms with Gasteiger partial charge in [-0.3, -0.25) is 4.79 Å². The zero-order valence-corrected chi connectivity index (χ0v) is 45.0. The predicted molar refractivity (Wildman–Crippen MR) is 308 cm³/mol. The molecular formula is C65H109NO3. The Morgan fingerprint density at radius 3 is 1.01 bits per heavy atom. The van der Waals surface area contributed by atoms with Crippen molar-refractivity contribution in [2.24, 2.45) is 0 Å². The minimum atomic E-state index is -0.874. The van der Waals surface area contributed by atoms with Crippen LogP contribution in [0.5, 0.6) is 0 Å². The molecule has 392 valence electrons. The summed E-state index contributed by atoms with van der Waals surface area (Å²) >= 11 is 0. The van der Waals surface area contributed by atoms with Crippen molar-refractivity contribution in [3.8, 4) is 0 Å². The van der Waals surface area contributed by atoms with Gasteiger partial charge in [0.15, 0.2) is 0 Å². The second-order valence-corrected chi connectivity index (χ2v) is 19.0. The average molecular weight is 953 g/mol. The molecule has 0 aliphatic heterocycles. The second kappa shape index (κ2) is 58.8. The van der Waals surface area contributed by atoms with E-state index in [2.05, 4.69) is 141 Å². The summed E-state index contributed by atoms with van der Waals surface area (Å²) in [6, 6.07) is -0.652. The molecule has 0 saturated heterocycles. The van der Waals surface area contributed by atoms with Crippen molar-refractivity contribution in [1.82, 2.24) is 5.32 Å². The lowest BCUT2D eigenvalue weighted by atomic mass is 10.0. The molecule has 0 heterocycles. The number of carbonyl (C=O) groups is 1. The van der Waals surface area contributed by atoms with Crippen LogP contribution in [0.3, 0.4) is 0 Å². The maximum absolute atomic E-state index is 12.5. The largest absolute Gasteiger partial charge is 0.394 e. The summed E-state index contributed by atoms with van der Waals surface area (Å²) in [5.74, 6) is -0.0847. The van der Waals surface area contributed by atoms with E-state index in [1.165, 1.54) is 135 Å². The van der Waals surface area contributed by atoms with Crippen LogP contribution in [-0.4, -0.2) is 34.9 Å². The van der Waals surface area contributed by atoms with E-state index in [9.17, 15) is 15.0 Å². The van der Waals surface area contributed by atoms with Crippen molar-refractivity contribution < 1.29 is 15.0 Å². The molecule has 0 radical (unpaired) electrons. The van der Waals surface area contributed by atoms with Gasteiger partial charge in [-0.05, 0) is 103 Å². The van der Waals surface area contributed by atoms with Gasteiger partial charge in [-0.2, -0.15) is 0 Å². The Hall–Kier alpha value is -3.47. The minimum Gasteiger partial charge on any atom is -0.394 e. The Morgan fingerprint density at radius 1 is 0.362 bits per heavy atom. The number of hydrogen-bond acceptors (Lipinski definition) is 3. The minimum absolute atomic E-state index is 0.0847. The fraction of sp³-hybridized carbons (Fsp3) is 0.646. The molecule has 0 aromatic rings. The summed E-state index contributed by atoms with van der Waals surface area (Å²) in [5.41, 5.74) is 0. The third kappa shape index (κ3) is 55.3. The molecule has 2 atom stereocenters. The topological polar surface area (TPSA) is 69.6 Å². The van der Waals surface area contributed by atoms with Crippen LogP contribution in [0.4, 0.5) is 0 Å². The van der Waals surface area contributed by atoms with Gasteiger partial charge >= 0.3 is 0 Å². The summed E-state index contributed by atoms with van der Waals surface area (Å²) in [6.45, 7) is 4.18. The highest BCUT2D eigenvalue weighted by Gasteiger charge is 2.17. The molecule has 0 aliphatic rings. The molecule has 1 amide bonds. The van der Waals surface area contributed by atoms with Crippen LogP contribution < -0.4 is 5.32 Å². The quantitative estimate of drug-likeness (QED) is 0.0420. The van der Waals surface area contributed by atoms with E-state index in [1.807, 2.05) is 6.08 Å². The molecule has 0 aromatic carbocycles. The molecule has 4 heteroatoms. The molecule has 0 rings (SSSR count). The molecule has 0 spiro atoms. The molecule has 0 bridgehead atoms. The van der Waals surface area contributed by atoms with Gasteiger partial charge in [0, 0.05) is 6.42 Å². The number of amides is 1. The highest BCUT2D eigenvalue weighted by molar-refractivity contribution is 5.76. The van der Waals surface area contributed by atoms with Crippen LogP contribution in [-0.2, 0) is 4.79 Å². The zero-order valence-electron chi connectivity index (χ0n) is 45.0. The zero-order chi connectivity index (χ0) is 49.9.